The minimum absolute atomic E-state index is 0. The number of pyridine rings is 1. The minimum Gasteiger partial charge on any atom is -0.355 e. The molecule has 37 heavy (non-hydrogen) atoms. The van der Waals surface area contributed by atoms with Gasteiger partial charge in [-0.25, -0.2) is 4.98 Å². The third kappa shape index (κ3) is 4.22. The summed E-state index contributed by atoms with van der Waals surface area (Å²) in [5.41, 5.74) is 8.86. The van der Waals surface area contributed by atoms with Gasteiger partial charge in [0.2, 0.25) is 0 Å². The maximum Gasteiger partial charge on any atom is 0.278 e. The highest BCUT2D eigenvalue weighted by Crippen LogP contribution is 2.34. The van der Waals surface area contributed by atoms with E-state index in [2.05, 4.69) is 20.9 Å². The van der Waals surface area contributed by atoms with Crippen molar-refractivity contribution in [2.45, 2.75) is 25.4 Å². The fourth-order valence-corrected chi connectivity index (χ4v) is 5.20. The molecule has 1 aliphatic rings. The van der Waals surface area contributed by atoms with E-state index in [9.17, 15) is 10.1 Å². The zero-order chi connectivity index (χ0) is 24.6. The first-order valence-corrected chi connectivity index (χ1v) is 12.1. The molecule has 0 spiro atoms. The molecule has 0 bridgehead atoms. The molecule has 4 heterocycles. The first-order chi connectivity index (χ1) is 17.7. The zero-order valence-corrected chi connectivity index (χ0v) is 20.9. The second-order valence-corrected chi connectivity index (χ2v) is 9.18. The highest BCUT2D eigenvalue weighted by molar-refractivity contribution is 5.91. The largest absolute Gasteiger partial charge is 0.355 e. The normalized spacial score (nSPS) is 15.5. The molecule has 1 fully saturated rings. The van der Waals surface area contributed by atoms with Gasteiger partial charge in [-0.2, -0.15) is 5.26 Å². The molecular weight excluding hydrogens is 486 g/mol. The van der Waals surface area contributed by atoms with E-state index in [1.54, 1.807) is 10.8 Å². The van der Waals surface area contributed by atoms with E-state index in [0.717, 1.165) is 41.5 Å². The number of piperidine rings is 1. The number of para-hydroxylation sites is 1. The van der Waals surface area contributed by atoms with E-state index in [-0.39, 0.29) is 30.6 Å². The monoisotopic (exact) mass is 511 g/mol. The molecule has 2 aromatic carbocycles. The molecule has 1 unspecified atom stereocenters. The number of nitrogens with two attached hydrogens (primary N) is 1. The zero-order valence-electron chi connectivity index (χ0n) is 20.1. The standard InChI is InChI=1S/C28H25N7O.ClH/c29-15-23-25-26(35(21-9-2-1-3-10-21)27(23)33-14-6-8-20(30)16-33)28(36)34(18-32-25)17-24-22-11-5-4-7-19(22)12-13-31-24;/h1-5,7,9-13,18,20H,6,8,14,16-17,30H2;1H. The number of halogens is 1. The molecule has 1 saturated heterocycles. The summed E-state index contributed by atoms with van der Waals surface area (Å²) < 4.78 is 3.46. The lowest BCUT2D eigenvalue weighted by Crippen LogP contribution is -2.43. The van der Waals surface area contributed by atoms with Crippen molar-refractivity contribution >= 4 is 40.0 Å². The Kier molecular flexibility index (Phi) is 6.66. The molecule has 6 rings (SSSR count). The summed E-state index contributed by atoms with van der Waals surface area (Å²) in [5, 5.41) is 12.3. The Labute approximate surface area is 220 Å². The number of aromatic nitrogens is 4. The lowest BCUT2D eigenvalue weighted by molar-refractivity contribution is 0.501. The number of nitrogens with zero attached hydrogens (tertiary/aromatic N) is 6. The topological polar surface area (TPSA) is 106 Å². The Hall–Kier alpha value is -4.19. The Morgan fingerprint density at radius 3 is 2.62 bits per heavy atom. The molecule has 186 valence electrons. The van der Waals surface area contributed by atoms with E-state index in [0.29, 0.717) is 29.0 Å². The van der Waals surface area contributed by atoms with Crippen LogP contribution in [0.5, 0.6) is 0 Å². The van der Waals surface area contributed by atoms with Crippen LogP contribution in [-0.4, -0.2) is 38.2 Å². The van der Waals surface area contributed by atoms with Gasteiger partial charge in [0.05, 0.1) is 18.6 Å². The molecule has 0 amide bonds. The SMILES string of the molecule is Cl.N#Cc1c(N2CCCC(N)C2)n(-c2ccccc2)c2c(=O)n(Cc3nccc4ccccc34)cnc12. The second-order valence-electron chi connectivity index (χ2n) is 9.18. The molecule has 0 radical (unpaired) electrons. The number of fused-ring (bicyclic) bond motifs is 2. The number of hydrogen-bond donors (Lipinski definition) is 1. The van der Waals surface area contributed by atoms with Crippen LogP contribution in [0.15, 0.2) is 78.0 Å². The summed E-state index contributed by atoms with van der Waals surface area (Å²) in [5.74, 6) is 0.680. The first-order valence-electron chi connectivity index (χ1n) is 12.1. The van der Waals surface area contributed by atoms with Crippen molar-refractivity contribution in [3.8, 4) is 11.8 Å². The van der Waals surface area contributed by atoms with E-state index in [1.165, 1.54) is 6.33 Å². The quantitative estimate of drug-likeness (QED) is 0.391. The van der Waals surface area contributed by atoms with Crippen LogP contribution >= 0.6 is 12.4 Å². The predicted molar refractivity (Wildman–Crippen MR) is 148 cm³/mol. The van der Waals surface area contributed by atoms with Crippen molar-refractivity contribution in [1.82, 2.24) is 19.1 Å². The van der Waals surface area contributed by atoms with Crippen molar-refractivity contribution < 1.29 is 0 Å². The predicted octanol–water partition coefficient (Wildman–Crippen LogP) is 4.00. The molecule has 2 N–H and O–H groups in total. The third-order valence-corrected chi connectivity index (χ3v) is 6.87. The Morgan fingerprint density at radius 1 is 1.05 bits per heavy atom. The van der Waals surface area contributed by atoms with Crippen LogP contribution in [0.25, 0.3) is 27.5 Å². The minimum atomic E-state index is -0.220. The average molecular weight is 512 g/mol. The Bertz CT molecular complexity index is 1680. The summed E-state index contributed by atoms with van der Waals surface area (Å²) in [6.07, 6.45) is 5.14. The lowest BCUT2D eigenvalue weighted by atomic mass is 10.1. The van der Waals surface area contributed by atoms with Gasteiger partial charge in [0.15, 0.2) is 0 Å². The van der Waals surface area contributed by atoms with Gasteiger partial charge in [0.1, 0.15) is 28.5 Å². The van der Waals surface area contributed by atoms with Crippen LogP contribution in [-0.2, 0) is 6.54 Å². The van der Waals surface area contributed by atoms with Gasteiger partial charge in [-0.3, -0.25) is 18.9 Å². The van der Waals surface area contributed by atoms with Crippen molar-refractivity contribution in [1.29, 1.82) is 5.26 Å². The van der Waals surface area contributed by atoms with Crippen LogP contribution in [0.3, 0.4) is 0 Å². The molecule has 0 saturated carbocycles. The van der Waals surface area contributed by atoms with Gasteiger partial charge in [-0.1, -0.05) is 42.5 Å². The molecule has 1 aliphatic heterocycles. The van der Waals surface area contributed by atoms with Crippen molar-refractivity contribution in [3.63, 3.8) is 0 Å². The number of anilines is 1. The lowest BCUT2D eigenvalue weighted by Gasteiger charge is -2.33. The van der Waals surface area contributed by atoms with Crippen LogP contribution in [0, 0.1) is 11.3 Å². The summed E-state index contributed by atoms with van der Waals surface area (Å²) in [6, 6.07) is 21.9. The fourth-order valence-electron chi connectivity index (χ4n) is 5.20. The number of hydrogen-bond acceptors (Lipinski definition) is 6. The summed E-state index contributed by atoms with van der Waals surface area (Å²) in [6.45, 7) is 1.65. The first kappa shape index (κ1) is 24.5. The highest BCUT2D eigenvalue weighted by Gasteiger charge is 2.29. The van der Waals surface area contributed by atoms with Crippen molar-refractivity contribution in [2.75, 3.05) is 18.0 Å². The molecule has 8 nitrogen and oxygen atoms in total. The van der Waals surface area contributed by atoms with E-state index in [4.69, 9.17) is 5.73 Å². The van der Waals surface area contributed by atoms with Gasteiger partial charge in [-0.15, -0.1) is 12.4 Å². The van der Waals surface area contributed by atoms with Gasteiger partial charge in [-0.05, 0) is 36.4 Å². The van der Waals surface area contributed by atoms with E-state index in [1.807, 2.05) is 65.2 Å². The van der Waals surface area contributed by atoms with Crippen LogP contribution < -0.4 is 16.2 Å². The molecule has 5 aromatic rings. The highest BCUT2D eigenvalue weighted by atomic mass is 35.5. The third-order valence-electron chi connectivity index (χ3n) is 6.87. The van der Waals surface area contributed by atoms with Crippen LogP contribution in [0.4, 0.5) is 5.82 Å². The average Bonchev–Trinajstić information content (AvgIpc) is 3.26. The smallest absolute Gasteiger partial charge is 0.278 e. The van der Waals surface area contributed by atoms with E-state index < -0.39 is 0 Å². The Morgan fingerprint density at radius 2 is 1.84 bits per heavy atom. The second kappa shape index (κ2) is 10.1. The maximum atomic E-state index is 14.0. The maximum absolute atomic E-state index is 14.0. The van der Waals surface area contributed by atoms with Crippen molar-refractivity contribution in [2.24, 2.45) is 5.73 Å². The molecule has 1 atom stereocenters. The molecule has 3 aromatic heterocycles. The molecule has 9 heteroatoms. The summed E-state index contributed by atoms with van der Waals surface area (Å²) in [4.78, 5) is 25.3. The number of nitriles is 1. The van der Waals surface area contributed by atoms with Crippen LogP contribution in [0.2, 0.25) is 0 Å². The van der Waals surface area contributed by atoms with E-state index >= 15 is 0 Å². The summed E-state index contributed by atoms with van der Waals surface area (Å²) >= 11 is 0. The molecular formula is C28H26ClN7O. The van der Waals surface area contributed by atoms with Gasteiger partial charge in [0.25, 0.3) is 5.56 Å². The van der Waals surface area contributed by atoms with Gasteiger partial charge >= 0.3 is 0 Å². The van der Waals surface area contributed by atoms with Gasteiger partial charge in [0, 0.05) is 36.4 Å². The number of benzene rings is 2. The van der Waals surface area contributed by atoms with Gasteiger partial charge < -0.3 is 10.6 Å². The fraction of sp³-hybridized carbons (Fsp3) is 0.214. The number of rotatable bonds is 4. The van der Waals surface area contributed by atoms with Crippen LogP contribution in [0.1, 0.15) is 24.1 Å². The Balaban J connectivity index is 0.00000280. The van der Waals surface area contributed by atoms with Crippen molar-refractivity contribution in [3.05, 3.63) is 94.8 Å². The summed E-state index contributed by atoms with van der Waals surface area (Å²) in [7, 11) is 0. The molecule has 0 aliphatic carbocycles.